The third kappa shape index (κ3) is 6.08. The second-order valence-corrected chi connectivity index (χ2v) is 5.47. The Hall–Kier alpha value is -1.79. The van der Waals surface area contributed by atoms with E-state index in [9.17, 15) is 9.59 Å². The third-order valence-electron chi connectivity index (χ3n) is 3.81. The Morgan fingerprint density at radius 1 is 1.22 bits per heavy atom. The Labute approximate surface area is 143 Å². The van der Waals surface area contributed by atoms with E-state index in [1.165, 1.54) is 0 Å². The molecule has 7 heteroatoms. The van der Waals surface area contributed by atoms with Crippen LogP contribution in [-0.2, 0) is 4.79 Å². The van der Waals surface area contributed by atoms with Gasteiger partial charge in [-0.2, -0.15) is 0 Å². The summed E-state index contributed by atoms with van der Waals surface area (Å²) in [6.07, 6.45) is 3.05. The second-order valence-electron chi connectivity index (χ2n) is 5.47. The number of carbonyl (C=O) groups excluding carboxylic acids is 2. The fourth-order valence-electron chi connectivity index (χ4n) is 2.70. The molecule has 1 saturated heterocycles. The number of likely N-dealkylation sites (N-methyl/N-ethyl adjacent to an activating group) is 1. The molecule has 1 unspecified atom stereocenters. The van der Waals surface area contributed by atoms with Gasteiger partial charge in [-0.05, 0) is 38.4 Å². The van der Waals surface area contributed by atoms with E-state index in [0.29, 0.717) is 13.1 Å². The van der Waals surface area contributed by atoms with Gasteiger partial charge >= 0.3 is 6.03 Å². The van der Waals surface area contributed by atoms with Gasteiger partial charge in [-0.3, -0.25) is 4.79 Å². The van der Waals surface area contributed by atoms with Crippen molar-refractivity contribution < 1.29 is 9.59 Å². The maximum Gasteiger partial charge on any atom is 0.319 e. The summed E-state index contributed by atoms with van der Waals surface area (Å²) in [7, 11) is 1.77. The maximum absolute atomic E-state index is 12.1. The number of anilines is 1. The van der Waals surface area contributed by atoms with Crippen molar-refractivity contribution in [1.82, 2.24) is 15.5 Å². The number of rotatable bonds is 5. The standard InChI is InChI=1S/C16H24N4O2.ClH/c1-17-12-15(21)20-10-6-5-9-14(20)11-18-16(22)19-13-7-3-2-4-8-13;/h2-4,7-8,14,17H,5-6,9-12H2,1H3,(H2,18,19,22);1H. The van der Waals surface area contributed by atoms with Gasteiger partial charge in [0, 0.05) is 24.8 Å². The second kappa shape index (κ2) is 10.1. The van der Waals surface area contributed by atoms with Crippen LogP contribution in [0.25, 0.3) is 0 Å². The smallest absolute Gasteiger partial charge is 0.319 e. The van der Waals surface area contributed by atoms with Crippen LogP contribution in [-0.4, -0.2) is 49.6 Å². The Morgan fingerprint density at radius 3 is 2.65 bits per heavy atom. The number of nitrogens with zero attached hydrogens (tertiary/aromatic N) is 1. The number of halogens is 1. The number of para-hydroxylation sites is 1. The molecule has 23 heavy (non-hydrogen) atoms. The van der Waals surface area contributed by atoms with Gasteiger partial charge in [0.25, 0.3) is 0 Å². The summed E-state index contributed by atoms with van der Waals surface area (Å²) in [5.41, 5.74) is 0.756. The normalized spacial score (nSPS) is 17.1. The molecule has 3 N–H and O–H groups in total. The van der Waals surface area contributed by atoms with Crippen LogP contribution in [0.4, 0.5) is 10.5 Å². The van der Waals surface area contributed by atoms with Crippen LogP contribution in [0.2, 0.25) is 0 Å². The average Bonchev–Trinajstić information content (AvgIpc) is 2.54. The molecule has 1 aliphatic rings. The zero-order valence-corrected chi connectivity index (χ0v) is 14.2. The van der Waals surface area contributed by atoms with Crippen LogP contribution in [0, 0.1) is 0 Å². The van der Waals surface area contributed by atoms with Crippen molar-refractivity contribution in [2.24, 2.45) is 0 Å². The Balaban J connectivity index is 0.00000264. The van der Waals surface area contributed by atoms with Gasteiger partial charge in [-0.25, -0.2) is 4.79 Å². The summed E-state index contributed by atoms with van der Waals surface area (Å²) in [6.45, 7) is 1.59. The first kappa shape index (κ1) is 19.3. The molecule has 0 aliphatic carbocycles. The minimum absolute atomic E-state index is 0. The Kier molecular flexibility index (Phi) is 8.43. The summed E-state index contributed by atoms with van der Waals surface area (Å²) in [5, 5.41) is 8.54. The number of urea groups is 1. The Bertz CT molecular complexity index is 498. The topological polar surface area (TPSA) is 73.5 Å². The van der Waals surface area contributed by atoms with Crippen LogP contribution < -0.4 is 16.0 Å². The van der Waals surface area contributed by atoms with Gasteiger partial charge in [-0.15, -0.1) is 12.4 Å². The van der Waals surface area contributed by atoms with Crippen molar-refractivity contribution >= 4 is 30.0 Å². The highest BCUT2D eigenvalue weighted by molar-refractivity contribution is 5.89. The third-order valence-corrected chi connectivity index (χ3v) is 3.81. The zero-order valence-electron chi connectivity index (χ0n) is 13.4. The van der Waals surface area contributed by atoms with Gasteiger partial charge in [0.2, 0.25) is 5.91 Å². The number of benzene rings is 1. The molecule has 0 spiro atoms. The first-order valence-electron chi connectivity index (χ1n) is 7.74. The summed E-state index contributed by atoms with van der Waals surface area (Å²) >= 11 is 0. The summed E-state index contributed by atoms with van der Waals surface area (Å²) < 4.78 is 0. The molecular weight excluding hydrogens is 316 g/mol. The van der Waals surface area contributed by atoms with Crippen molar-refractivity contribution in [3.05, 3.63) is 30.3 Å². The monoisotopic (exact) mass is 340 g/mol. The van der Waals surface area contributed by atoms with Gasteiger partial charge < -0.3 is 20.9 Å². The highest BCUT2D eigenvalue weighted by Gasteiger charge is 2.26. The number of amides is 3. The minimum atomic E-state index is -0.238. The van der Waals surface area contributed by atoms with Crippen LogP contribution in [0.15, 0.2) is 30.3 Å². The number of likely N-dealkylation sites (tertiary alicyclic amines) is 1. The number of piperidine rings is 1. The number of hydrogen-bond acceptors (Lipinski definition) is 3. The average molecular weight is 341 g/mol. The lowest BCUT2D eigenvalue weighted by Crippen LogP contribution is -2.51. The largest absolute Gasteiger partial charge is 0.337 e. The molecule has 1 aromatic carbocycles. The molecule has 128 valence electrons. The quantitative estimate of drug-likeness (QED) is 0.765. The van der Waals surface area contributed by atoms with Gasteiger partial charge in [0.05, 0.1) is 6.54 Å². The maximum atomic E-state index is 12.1. The first-order valence-corrected chi connectivity index (χ1v) is 7.74. The van der Waals surface area contributed by atoms with E-state index in [0.717, 1.165) is 31.5 Å². The predicted molar refractivity (Wildman–Crippen MR) is 94.0 cm³/mol. The molecule has 1 heterocycles. The molecule has 1 atom stereocenters. The van der Waals surface area contributed by atoms with E-state index in [4.69, 9.17) is 0 Å². The van der Waals surface area contributed by atoms with Crippen molar-refractivity contribution in [3.63, 3.8) is 0 Å². The fourth-order valence-corrected chi connectivity index (χ4v) is 2.70. The number of hydrogen-bond donors (Lipinski definition) is 3. The van der Waals surface area contributed by atoms with Gasteiger partial charge in [-0.1, -0.05) is 18.2 Å². The number of carbonyl (C=O) groups is 2. The molecule has 6 nitrogen and oxygen atoms in total. The lowest BCUT2D eigenvalue weighted by atomic mass is 10.0. The minimum Gasteiger partial charge on any atom is -0.337 e. The van der Waals surface area contributed by atoms with Crippen LogP contribution >= 0.6 is 12.4 Å². The first-order chi connectivity index (χ1) is 10.7. The molecule has 0 radical (unpaired) electrons. The molecule has 0 saturated carbocycles. The summed E-state index contributed by atoms with van der Waals surface area (Å²) in [5.74, 6) is 0.0949. The predicted octanol–water partition coefficient (Wildman–Crippen LogP) is 1.83. The van der Waals surface area contributed by atoms with E-state index in [2.05, 4.69) is 16.0 Å². The van der Waals surface area contributed by atoms with Crippen molar-refractivity contribution in [2.45, 2.75) is 25.3 Å². The van der Waals surface area contributed by atoms with Crippen molar-refractivity contribution in [3.8, 4) is 0 Å². The van der Waals surface area contributed by atoms with E-state index in [-0.39, 0.29) is 30.4 Å². The lowest BCUT2D eigenvalue weighted by molar-refractivity contribution is -0.133. The van der Waals surface area contributed by atoms with Gasteiger partial charge in [0.1, 0.15) is 0 Å². The van der Waals surface area contributed by atoms with E-state index >= 15 is 0 Å². The van der Waals surface area contributed by atoms with Gasteiger partial charge in [0.15, 0.2) is 0 Å². The molecule has 0 aromatic heterocycles. The lowest BCUT2D eigenvalue weighted by Gasteiger charge is -2.36. The molecule has 0 bridgehead atoms. The Morgan fingerprint density at radius 2 is 1.96 bits per heavy atom. The van der Waals surface area contributed by atoms with Crippen molar-refractivity contribution in [2.75, 3.05) is 32.0 Å². The molecule has 1 fully saturated rings. The molecule has 3 amide bonds. The highest BCUT2D eigenvalue weighted by Crippen LogP contribution is 2.16. The summed E-state index contributed by atoms with van der Waals surface area (Å²) in [6, 6.07) is 9.15. The van der Waals surface area contributed by atoms with E-state index in [1.807, 2.05) is 35.2 Å². The zero-order chi connectivity index (χ0) is 15.8. The highest BCUT2D eigenvalue weighted by atomic mass is 35.5. The SMILES string of the molecule is CNCC(=O)N1CCCCC1CNC(=O)Nc1ccccc1.Cl. The molecular formula is C16H25ClN4O2. The molecule has 1 aromatic rings. The number of nitrogens with one attached hydrogen (secondary N) is 3. The summed E-state index contributed by atoms with van der Waals surface area (Å²) in [4.78, 5) is 25.9. The molecule has 2 rings (SSSR count). The molecule has 1 aliphatic heterocycles. The van der Waals surface area contributed by atoms with E-state index in [1.54, 1.807) is 7.05 Å². The van der Waals surface area contributed by atoms with E-state index < -0.39 is 0 Å². The fraction of sp³-hybridized carbons (Fsp3) is 0.500. The van der Waals surface area contributed by atoms with Crippen molar-refractivity contribution in [1.29, 1.82) is 0 Å². The van der Waals surface area contributed by atoms with Crippen LogP contribution in [0.5, 0.6) is 0 Å². The van der Waals surface area contributed by atoms with Crippen LogP contribution in [0.1, 0.15) is 19.3 Å². The van der Waals surface area contributed by atoms with Crippen LogP contribution in [0.3, 0.4) is 0 Å².